The number of halogens is 1. The summed E-state index contributed by atoms with van der Waals surface area (Å²) in [5.74, 6) is -1.36. The van der Waals surface area contributed by atoms with Gasteiger partial charge in [0.2, 0.25) is 21.8 Å². The highest BCUT2D eigenvalue weighted by Gasteiger charge is 2.35. The van der Waals surface area contributed by atoms with Crippen LogP contribution in [0, 0.1) is 5.82 Å². The molecule has 3 rings (SSSR count). The van der Waals surface area contributed by atoms with Gasteiger partial charge in [0.15, 0.2) is 0 Å². The standard InChI is InChI=1S/C31H38FN3O5S/c1-6-40-28-19-13-12-18-26(28)35(41(5,38)39)22-29(36)34(21-24-16-10-11-17-25(24)32)27(30(37)33-31(2,3)4)20-23-14-8-7-9-15-23/h7-19,27H,6,20-22H2,1-5H3,(H,33,37)/t27-/m1/s1. The topological polar surface area (TPSA) is 96.0 Å². The van der Waals surface area contributed by atoms with E-state index in [4.69, 9.17) is 4.74 Å². The second-order valence-corrected chi connectivity index (χ2v) is 12.6. The minimum Gasteiger partial charge on any atom is -0.492 e. The van der Waals surface area contributed by atoms with Crippen LogP contribution in [0.5, 0.6) is 5.75 Å². The molecule has 0 radical (unpaired) electrons. The lowest BCUT2D eigenvalue weighted by atomic mass is 10.0. The first-order chi connectivity index (χ1) is 19.3. The highest BCUT2D eigenvalue weighted by atomic mass is 32.2. The van der Waals surface area contributed by atoms with Crippen LogP contribution < -0.4 is 14.4 Å². The Balaban J connectivity index is 2.11. The maximum absolute atomic E-state index is 14.9. The lowest BCUT2D eigenvalue weighted by Crippen LogP contribution is -2.56. The fourth-order valence-corrected chi connectivity index (χ4v) is 5.21. The molecule has 41 heavy (non-hydrogen) atoms. The molecule has 0 fully saturated rings. The monoisotopic (exact) mass is 583 g/mol. The molecule has 1 atom stereocenters. The summed E-state index contributed by atoms with van der Waals surface area (Å²) in [7, 11) is -3.97. The molecular formula is C31H38FN3O5S. The number of para-hydroxylation sites is 2. The zero-order valence-corrected chi connectivity index (χ0v) is 24.9. The van der Waals surface area contributed by atoms with E-state index in [1.54, 1.807) is 37.3 Å². The van der Waals surface area contributed by atoms with Gasteiger partial charge in [0.25, 0.3) is 0 Å². The Labute approximate surface area is 242 Å². The molecule has 0 aliphatic heterocycles. The maximum atomic E-state index is 14.9. The molecular weight excluding hydrogens is 545 g/mol. The Morgan fingerprint density at radius 1 is 0.951 bits per heavy atom. The van der Waals surface area contributed by atoms with Crippen LogP contribution in [-0.4, -0.2) is 56.1 Å². The lowest BCUT2D eigenvalue weighted by Gasteiger charge is -2.35. The van der Waals surface area contributed by atoms with Crippen LogP contribution >= 0.6 is 0 Å². The number of amides is 2. The summed E-state index contributed by atoms with van der Waals surface area (Å²) in [6.07, 6.45) is 1.13. The molecule has 0 saturated heterocycles. The first-order valence-electron chi connectivity index (χ1n) is 13.4. The van der Waals surface area contributed by atoms with E-state index in [2.05, 4.69) is 5.32 Å². The molecule has 0 spiro atoms. The fraction of sp³-hybridized carbons (Fsp3) is 0.355. The summed E-state index contributed by atoms with van der Waals surface area (Å²) in [5, 5.41) is 2.94. The van der Waals surface area contributed by atoms with Gasteiger partial charge in [0, 0.05) is 24.1 Å². The van der Waals surface area contributed by atoms with Crippen molar-refractivity contribution in [1.82, 2.24) is 10.2 Å². The number of ether oxygens (including phenoxy) is 1. The largest absolute Gasteiger partial charge is 0.492 e. The number of anilines is 1. The van der Waals surface area contributed by atoms with Crippen molar-refractivity contribution in [2.24, 2.45) is 0 Å². The van der Waals surface area contributed by atoms with Gasteiger partial charge in [-0.15, -0.1) is 0 Å². The van der Waals surface area contributed by atoms with Crippen LogP contribution in [0.3, 0.4) is 0 Å². The SMILES string of the molecule is CCOc1ccccc1N(CC(=O)N(Cc1ccccc1F)[C@H](Cc1ccccc1)C(=O)NC(C)(C)C)S(C)(=O)=O. The third-order valence-corrected chi connectivity index (χ3v) is 7.31. The summed E-state index contributed by atoms with van der Waals surface area (Å²) < 4.78 is 47.5. The second-order valence-electron chi connectivity index (χ2n) is 10.7. The van der Waals surface area contributed by atoms with Crippen LogP contribution in [0.15, 0.2) is 78.9 Å². The van der Waals surface area contributed by atoms with Crippen LogP contribution in [0.1, 0.15) is 38.8 Å². The third-order valence-electron chi connectivity index (χ3n) is 6.18. The molecule has 3 aromatic rings. The Bertz CT molecular complexity index is 1440. The normalized spacial score (nSPS) is 12.3. The summed E-state index contributed by atoms with van der Waals surface area (Å²) in [6, 6.07) is 20.6. The maximum Gasteiger partial charge on any atom is 0.244 e. The van der Waals surface area contributed by atoms with Crippen molar-refractivity contribution >= 4 is 27.5 Å². The molecule has 0 aliphatic carbocycles. The highest BCUT2D eigenvalue weighted by molar-refractivity contribution is 7.92. The van der Waals surface area contributed by atoms with Crippen molar-refractivity contribution in [3.05, 3.63) is 95.8 Å². The Morgan fingerprint density at radius 3 is 2.17 bits per heavy atom. The van der Waals surface area contributed by atoms with Crippen molar-refractivity contribution in [2.45, 2.75) is 52.2 Å². The number of nitrogens with zero attached hydrogens (tertiary/aromatic N) is 2. The molecule has 10 heteroatoms. The lowest BCUT2D eigenvalue weighted by molar-refractivity contribution is -0.140. The summed E-state index contributed by atoms with van der Waals surface area (Å²) >= 11 is 0. The number of nitrogens with one attached hydrogen (secondary N) is 1. The fourth-order valence-electron chi connectivity index (χ4n) is 4.35. The van der Waals surface area contributed by atoms with Gasteiger partial charge < -0.3 is 15.0 Å². The summed E-state index contributed by atoms with van der Waals surface area (Å²) in [4.78, 5) is 29.1. The van der Waals surface area contributed by atoms with Crippen LogP contribution in [0.4, 0.5) is 10.1 Å². The molecule has 0 bridgehead atoms. The van der Waals surface area contributed by atoms with Gasteiger partial charge in [0.1, 0.15) is 24.2 Å². The van der Waals surface area contributed by atoms with Crippen molar-refractivity contribution < 1.29 is 27.1 Å². The summed E-state index contributed by atoms with van der Waals surface area (Å²) in [5.41, 5.74) is 0.556. The number of benzene rings is 3. The molecule has 220 valence electrons. The molecule has 2 amide bonds. The average molecular weight is 584 g/mol. The van der Waals surface area contributed by atoms with Gasteiger partial charge in [-0.2, -0.15) is 0 Å². The minimum absolute atomic E-state index is 0.136. The smallest absolute Gasteiger partial charge is 0.244 e. The van der Waals surface area contributed by atoms with E-state index in [1.807, 2.05) is 51.1 Å². The molecule has 1 N–H and O–H groups in total. The van der Waals surface area contributed by atoms with Crippen LogP contribution in [0.2, 0.25) is 0 Å². The minimum atomic E-state index is -3.97. The van der Waals surface area contributed by atoms with Crippen molar-refractivity contribution in [1.29, 1.82) is 0 Å². The number of carbonyl (C=O) groups is 2. The number of hydrogen-bond donors (Lipinski definition) is 1. The van der Waals surface area contributed by atoms with E-state index in [1.165, 1.54) is 23.1 Å². The third kappa shape index (κ3) is 9.04. The van der Waals surface area contributed by atoms with E-state index < -0.39 is 45.8 Å². The first-order valence-corrected chi connectivity index (χ1v) is 15.2. The predicted molar refractivity (Wildman–Crippen MR) is 159 cm³/mol. The number of hydrogen-bond acceptors (Lipinski definition) is 5. The molecule has 0 aromatic heterocycles. The van der Waals surface area contributed by atoms with E-state index in [0.717, 1.165) is 16.1 Å². The number of sulfonamides is 1. The van der Waals surface area contributed by atoms with Crippen molar-refractivity contribution in [3.63, 3.8) is 0 Å². The molecule has 3 aromatic carbocycles. The highest BCUT2D eigenvalue weighted by Crippen LogP contribution is 2.30. The molecule has 0 unspecified atom stereocenters. The summed E-state index contributed by atoms with van der Waals surface area (Å²) in [6.45, 7) is 6.66. The van der Waals surface area contributed by atoms with E-state index in [9.17, 15) is 22.4 Å². The van der Waals surface area contributed by atoms with Gasteiger partial charge in [-0.3, -0.25) is 13.9 Å². The van der Waals surface area contributed by atoms with E-state index in [-0.39, 0.29) is 30.8 Å². The quantitative estimate of drug-likeness (QED) is 0.338. The van der Waals surface area contributed by atoms with Crippen molar-refractivity contribution in [3.8, 4) is 5.75 Å². The van der Waals surface area contributed by atoms with Crippen LogP contribution in [-0.2, 0) is 32.6 Å². The zero-order valence-electron chi connectivity index (χ0n) is 24.1. The molecule has 0 heterocycles. The van der Waals surface area contributed by atoms with Gasteiger partial charge in [-0.05, 0) is 51.5 Å². The van der Waals surface area contributed by atoms with Gasteiger partial charge >= 0.3 is 0 Å². The second kappa shape index (κ2) is 13.6. The zero-order chi connectivity index (χ0) is 30.2. The van der Waals surface area contributed by atoms with E-state index >= 15 is 0 Å². The number of rotatable bonds is 12. The Morgan fingerprint density at radius 2 is 1.56 bits per heavy atom. The Kier molecular flexibility index (Phi) is 10.5. The first kappa shape index (κ1) is 31.6. The van der Waals surface area contributed by atoms with Gasteiger partial charge in [-0.1, -0.05) is 60.7 Å². The van der Waals surface area contributed by atoms with Gasteiger partial charge in [0.05, 0.1) is 18.6 Å². The number of carbonyl (C=O) groups excluding carboxylic acids is 2. The average Bonchev–Trinajstić information content (AvgIpc) is 2.90. The molecule has 0 saturated carbocycles. The van der Waals surface area contributed by atoms with E-state index in [0.29, 0.717) is 5.75 Å². The van der Waals surface area contributed by atoms with Crippen molar-refractivity contribution in [2.75, 3.05) is 23.7 Å². The van der Waals surface area contributed by atoms with Gasteiger partial charge in [-0.25, -0.2) is 12.8 Å². The molecule has 8 nitrogen and oxygen atoms in total. The van der Waals surface area contributed by atoms with Crippen LogP contribution in [0.25, 0.3) is 0 Å². The molecule has 0 aliphatic rings. The predicted octanol–water partition coefficient (Wildman–Crippen LogP) is 4.55. The Hall–Kier alpha value is -3.92.